The van der Waals surface area contributed by atoms with Crippen LogP contribution in [0.1, 0.15) is 47.7 Å². The molecule has 0 aliphatic rings. The lowest BCUT2D eigenvalue weighted by atomic mass is 10.0. The van der Waals surface area contributed by atoms with Gasteiger partial charge in [0.1, 0.15) is 0 Å². The molecular weight excluding hydrogens is 226 g/mol. The molecule has 0 heterocycles. The summed E-state index contributed by atoms with van der Waals surface area (Å²) in [5, 5.41) is 2.67. The normalized spacial score (nSPS) is 10.2. The minimum absolute atomic E-state index is 0.0302. The average Bonchev–Trinajstić information content (AvgIpc) is 2.33. The number of carbonyl (C=O) groups excluding carboxylic acids is 2. The van der Waals surface area contributed by atoms with E-state index >= 15 is 0 Å². The fourth-order valence-corrected chi connectivity index (χ4v) is 1.83. The number of Topliss-reactive ketones (excluding diaryl/α,β-unsaturated/α-hetero) is 1. The van der Waals surface area contributed by atoms with Crippen LogP contribution >= 0.6 is 0 Å². The maximum Gasteiger partial charge on any atom is 0.220 e. The van der Waals surface area contributed by atoms with Crippen LogP contribution in [0.3, 0.4) is 0 Å². The Hall–Kier alpha value is -1.64. The Balaban J connectivity index is 2.53. The lowest BCUT2D eigenvalue weighted by Crippen LogP contribution is -2.29. The van der Waals surface area contributed by atoms with Crippen molar-refractivity contribution in [3.05, 3.63) is 34.9 Å². The molecule has 0 aliphatic heterocycles. The first-order valence-corrected chi connectivity index (χ1v) is 6.41. The monoisotopic (exact) mass is 247 g/mol. The number of hydrogen-bond donors (Lipinski definition) is 1. The van der Waals surface area contributed by atoms with Crippen molar-refractivity contribution >= 4 is 11.7 Å². The molecule has 18 heavy (non-hydrogen) atoms. The third kappa shape index (κ3) is 4.32. The third-order valence-electron chi connectivity index (χ3n) is 2.89. The van der Waals surface area contributed by atoms with Crippen LogP contribution in [-0.2, 0) is 4.79 Å². The summed E-state index contributed by atoms with van der Waals surface area (Å²) in [6.07, 6.45) is 2.35. The van der Waals surface area contributed by atoms with Gasteiger partial charge in [0, 0.05) is 12.0 Å². The zero-order valence-electron chi connectivity index (χ0n) is 11.4. The SMILES string of the molecule is CCCCC(=O)NCC(=O)c1ccc(C)cc1C. The minimum Gasteiger partial charge on any atom is -0.349 e. The van der Waals surface area contributed by atoms with E-state index in [0.29, 0.717) is 12.0 Å². The second-order valence-corrected chi connectivity index (χ2v) is 4.62. The third-order valence-corrected chi connectivity index (χ3v) is 2.89. The molecule has 1 rings (SSSR count). The van der Waals surface area contributed by atoms with E-state index in [0.717, 1.165) is 24.0 Å². The van der Waals surface area contributed by atoms with Crippen molar-refractivity contribution < 1.29 is 9.59 Å². The minimum atomic E-state index is -0.0463. The van der Waals surface area contributed by atoms with Crippen LogP contribution in [0.4, 0.5) is 0 Å². The Labute approximate surface area is 109 Å². The second-order valence-electron chi connectivity index (χ2n) is 4.62. The smallest absolute Gasteiger partial charge is 0.220 e. The molecule has 0 atom stereocenters. The molecule has 98 valence electrons. The first-order chi connectivity index (χ1) is 8.54. The highest BCUT2D eigenvalue weighted by Gasteiger charge is 2.10. The summed E-state index contributed by atoms with van der Waals surface area (Å²) in [4.78, 5) is 23.4. The summed E-state index contributed by atoms with van der Waals surface area (Å²) in [6, 6.07) is 5.72. The summed E-state index contributed by atoms with van der Waals surface area (Å²) in [5.41, 5.74) is 2.79. The number of aryl methyl sites for hydroxylation is 2. The predicted octanol–water partition coefficient (Wildman–Crippen LogP) is 2.79. The average molecular weight is 247 g/mol. The Kier molecular flexibility index (Phi) is 5.56. The molecule has 0 aromatic heterocycles. The van der Waals surface area contributed by atoms with Crippen molar-refractivity contribution in [1.29, 1.82) is 0 Å². The lowest BCUT2D eigenvalue weighted by Gasteiger charge is -2.07. The fraction of sp³-hybridized carbons (Fsp3) is 0.467. The molecule has 3 heteroatoms. The molecule has 0 unspecified atom stereocenters. The zero-order valence-corrected chi connectivity index (χ0v) is 11.4. The van der Waals surface area contributed by atoms with Gasteiger partial charge in [0.2, 0.25) is 5.91 Å². The summed E-state index contributed by atoms with van der Waals surface area (Å²) in [5.74, 6) is -0.0766. The van der Waals surface area contributed by atoms with Gasteiger partial charge in [-0.3, -0.25) is 9.59 Å². The van der Waals surface area contributed by atoms with Gasteiger partial charge in [-0.1, -0.05) is 37.1 Å². The number of benzene rings is 1. The Morgan fingerprint density at radius 2 is 1.94 bits per heavy atom. The predicted molar refractivity (Wildman–Crippen MR) is 72.8 cm³/mol. The summed E-state index contributed by atoms with van der Waals surface area (Å²) < 4.78 is 0. The largest absolute Gasteiger partial charge is 0.349 e. The van der Waals surface area contributed by atoms with Gasteiger partial charge in [0.15, 0.2) is 5.78 Å². The van der Waals surface area contributed by atoms with E-state index in [-0.39, 0.29) is 18.2 Å². The van der Waals surface area contributed by atoms with Crippen LogP contribution in [0, 0.1) is 13.8 Å². The molecule has 0 saturated heterocycles. The van der Waals surface area contributed by atoms with Crippen LogP contribution in [0.25, 0.3) is 0 Å². The molecule has 0 fully saturated rings. The second kappa shape index (κ2) is 6.94. The number of amides is 1. The molecule has 0 spiro atoms. The van der Waals surface area contributed by atoms with Crippen LogP contribution in [0.2, 0.25) is 0 Å². The standard InChI is InChI=1S/C15H21NO2/c1-4-5-6-15(18)16-10-14(17)13-8-7-11(2)9-12(13)3/h7-9H,4-6,10H2,1-3H3,(H,16,18). The highest BCUT2D eigenvalue weighted by molar-refractivity contribution is 6.00. The van der Waals surface area contributed by atoms with Crippen molar-refractivity contribution in [2.24, 2.45) is 0 Å². The molecule has 1 aromatic carbocycles. The molecule has 0 bridgehead atoms. The van der Waals surface area contributed by atoms with Crippen LogP contribution < -0.4 is 5.32 Å². The summed E-state index contributed by atoms with van der Waals surface area (Å²) in [6.45, 7) is 6.04. The maximum atomic E-state index is 11.9. The molecule has 1 aromatic rings. The van der Waals surface area contributed by atoms with Crippen molar-refractivity contribution in [3.63, 3.8) is 0 Å². The number of hydrogen-bond acceptors (Lipinski definition) is 2. The Morgan fingerprint density at radius 3 is 2.56 bits per heavy atom. The van der Waals surface area contributed by atoms with Gasteiger partial charge in [-0.25, -0.2) is 0 Å². The first kappa shape index (κ1) is 14.4. The molecule has 0 radical (unpaired) electrons. The van der Waals surface area contributed by atoms with Crippen molar-refractivity contribution in [1.82, 2.24) is 5.32 Å². The van der Waals surface area contributed by atoms with Gasteiger partial charge in [-0.15, -0.1) is 0 Å². The van der Waals surface area contributed by atoms with Gasteiger partial charge < -0.3 is 5.32 Å². The van der Waals surface area contributed by atoms with Crippen molar-refractivity contribution in [2.75, 3.05) is 6.54 Å². The topological polar surface area (TPSA) is 46.2 Å². The number of carbonyl (C=O) groups is 2. The number of unbranched alkanes of at least 4 members (excludes halogenated alkanes) is 1. The van der Waals surface area contributed by atoms with E-state index in [1.807, 2.05) is 39.0 Å². The number of nitrogens with one attached hydrogen (secondary N) is 1. The molecule has 1 amide bonds. The van der Waals surface area contributed by atoms with Gasteiger partial charge in [0.25, 0.3) is 0 Å². The van der Waals surface area contributed by atoms with Crippen LogP contribution in [0.15, 0.2) is 18.2 Å². The maximum absolute atomic E-state index is 11.9. The van der Waals surface area contributed by atoms with E-state index in [9.17, 15) is 9.59 Å². The molecular formula is C15H21NO2. The quantitative estimate of drug-likeness (QED) is 0.786. The fourth-order valence-electron chi connectivity index (χ4n) is 1.83. The van der Waals surface area contributed by atoms with E-state index < -0.39 is 0 Å². The van der Waals surface area contributed by atoms with Crippen LogP contribution in [-0.4, -0.2) is 18.2 Å². The van der Waals surface area contributed by atoms with Crippen LogP contribution in [0.5, 0.6) is 0 Å². The molecule has 3 nitrogen and oxygen atoms in total. The summed E-state index contributed by atoms with van der Waals surface area (Å²) >= 11 is 0. The van der Waals surface area contributed by atoms with Gasteiger partial charge in [0.05, 0.1) is 6.54 Å². The molecule has 0 aliphatic carbocycles. The Morgan fingerprint density at radius 1 is 1.22 bits per heavy atom. The van der Waals surface area contributed by atoms with E-state index in [4.69, 9.17) is 0 Å². The van der Waals surface area contributed by atoms with Crippen molar-refractivity contribution in [3.8, 4) is 0 Å². The van der Waals surface area contributed by atoms with E-state index in [1.165, 1.54) is 0 Å². The number of rotatable bonds is 6. The van der Waals surface area contributed by atoms with E-state index in [1.54, 1.807) is 0 Å². The van der Waals surface area contributed by atoms with Gasteiger partial charge in [-0.05, 0) is 25.8 Å². The van der Waals surface area contributed by atoms with Gasteiger partial charge in [-0.2, -0.15) is 0 Å². The zero-order chi connectivity index (χ0) is 13.5. The Bertz CT molecular complexity index is 438. The van der Waals surface area contributed by atoms with E-state index in [2.05, 4.69) is 5.32 Å². The lowest BCUT2D eigenvalue weighted by molar-refractivity contribution is -0.121. The molecule has 1 N–H and O–H groups in total. The number of ketones is 1. The highest BCUT2D eigenvalue weighted by Crippen LogP contribution is 2.10. The highest BCUT2D eigenvalue weighted by atomic mass is 16.2. The van der Waals surface area contributed by atoms with Crippen molar-refractivity contribution in [2.45, 2.75) is 40.0 Å². The first-order valence-electron chi connectivity index (χ1n) is 6.41. The molecule has 0 saturated carbocycles. The van der Waals surface area contributed by atoms with Gasteiger partial charge >= 0.3 is 0 Å². The summed E-state index contributed by atoms with van der Waals surface area (Å²) in [7, 11) is 0.